The van der Waals surface area contributed by atoms with E-state index in [2.05, 4.69) is 9.71 Å². The molecule has 0 amide bonds. The van der Waals surface area contributed by atoms with Crippen LogP contribution in [0.5, 0.6) is 11.5 Å². The summed E-state index contributed by atoms with van der Waals surface area (Å²) >= 11 is 0. The minimum atomic E-state index is -3.75. The van der Waals surface area contributed by atoms with Crippen LogP contribution < -0.4 is 9.46 Å². The number of anilines is 1. The maximum Gasteiger partial charge on any atom is 0.261 e. The van der Waals surface area contributed by atoms with E-state index in [0.29, 0.717) is 23.6 Å². The lowest BCUT2D eigenvalue weighted by atomic mass is 10.1. The van der Waals surface area contributed by atoms with Gasteiger partial charge in [-0.05, 0) is 54.1 Å². The van der Waals surface area contributed by atoms with Crippen LogP contribution in [0.25, 0.3) is 0 Å². The van der Waals surface area contributed by atoms with Crippen molar-refractivity contribution in [2.24, 2.45) is 0 Å². The number of pyridine rings is 1. The van der Waals surface area contributed by atoms with Crippen LogP contribution in [-0.4, -0.2) is 25.6 Å². The molecule has 6 nitrogen and oxygen atoms in total. The molecular formula is C19H18N2O4S. The molecule has 0 aliphatic rings. The zero-order chi connectivity index (χ0) is 18.6. The first-order valence-electron chi connectivity index (χ1n) is 7.86. The lowest BCUT2D eigenvalue weighted by Gasteiger charge is -2.12. The van der Waals surface area contributed by atoms with Gasteiger partial charge in [-0.3, -0.25) is 9.71 Å². The predicted octanol–water partition coefficient (Wildman–Crippen LogP) is 3.19. The molecule has 134 valence electrons. The Bertz CT molecular complexity index is 985. The second-order valence-electron chi connectivity index (χ2n) is 5.62. The molecule has 7 heteroatoms. The highest BCUT2D eigenvalue weighted by molar-refractivity contribution is 7.92. The third-order valence-corrected chi connectivity index (χ3v) is 5.19. The molecule has 0 fully saturated rings. The zero-order valence-corrected chi connectivity index (χ0v) is 14.9. The average molecular weight is 370 g/mol. The molecule has 3 aromatic rings. The van der Waals surface area contributed by atoms with Crippen molar-refractivity contribution in [1.29, 1.82) is 0 Å². The summed E-state index contributed by atoms with van der Waals surface area (Å²) < 4.78 is 32.9. The minimum Gasteiger partial charge on any atom is -0.508 e. The van der Waals surface area contributed by atoms with Gasteiger partial charge in [-0.1, -0.05) is 12.1 Å². The highest BCUT2D eigenvalue weighted by Gasteiger charge is 2.16. The predicted molar refractivity (Wildman–Crippen MR) is 99.0 cm³/mol. The van der Waals surface area contributed by atoms with Crippen molar-refractivity contribution < 1.29 is 18.3 Å². The third-order valence-electron chi connectivity index (χ3n) is 3.81. The molecule has 0 aliphatic heterocycles. The number of benzene rings is 2. The molecule has 0 unspecified atom stereocenters. The van der Waals surface area contributed by atoms with Crippen LogP contribution in [0.4, 0.5) is 5.69 Å². The molecule has 1 aromatic heterocycles. The number of nitrogens with one attached hydrogen (secondary N) is 1. The number of nitrogens with zero attached hydrogens (tertiary/aromatic N) is 1. The van der Waals surface area contributed by atoms with Crippen LogP contribution in [0.1, 0.15) is 11.3 Å². The van der Waals surface area contributed by atoms with Crippen molar-refractivity contribution in [3.8, 4) is 11.5 Å². The van der Waals surface area contributed by atoms with E-state index < -0.39 is 10.0 Å². The monoisotopic (exact) mass is 370 g/mol. The summed E-state index contributed by atoms with van der Waals surface area (Å²) in [5, 5.41) is 9.38. The summed E-state index contributed by atoms with van der Waals surface area (Å²) in [6.07, 6.45) is 2.04. The lowest BCUT2D eigenvalue weighted by molar-refractivity contribution is 0.414. The van der Waals surface area contributed by atoms with E-state index in [0.717, 1.165) is 5.56 Å². The van der Waals surface area contributed by atoms with Gasteiger partial charge in [0.15, 0.2) is 0 Å². The molecule has 0 bridgehead atoms. The number of aromatic nitrogens is 1. The molecule has 0 radical (unpaired) electrons. The largest absolute Gasteiger partial charge is 0.508 e. The second-order valence-corrected chi connectivity index (χ2v) is 7.30. The summed E-state index contributed by atoms with van der Waals surface area (Å²) in [6, 6.07) is 16.2. The third kappa shape index (κ3) is 4.12. The smallest absolute Gasteiger partial charge is 0.261 e. The van der Waals surface area contributed by atoms with Gasteiger partial charge in [-0.15, -0.1) is 0 Å². The fraction of sp³-hybridized carbons (Fsp3) is 0.105. The Kier molecular flexibility index (Phi) is 5.09. The van der Waals surface area contributed by atoms with Crippen molar-refractivity contribution in [3.05, 3.63) is 78.1 Å². The Labute approximate surface area is 152 Å². The minimum absolute atomic E-state index is 0.137. The summed E-state index contributed by atoms with van der Waals surface area (Å²) in [4.78, 5) is 4.43. The Balaban J connectivity index is 1.86. The Morgan fingerprint density at radius 2 is 1.73 bits per heavy atom. The lowest BCUT2D eigenvalue weighted by Crippen LogP contribution is -2.15. The highest BCUT2D eigenvalue weighted by Crippen LogP contribution is 2.23. The molecular weight excluding hydrogens is 352 g/mol. The van der Waals surface area contributed by atoms with Crippen molar-refractivity contribution in [2.45, 2.75) is 11.3 Å². The standard InChI is InChI=1S/C19H18N2O4S/c1-25-16-8-10-17(11-9-16)26(23,24)21-18-3-2-12-20-19(18)13-14-4-6-15(22)7-5-14/h2-12,21-22H,13H2,1H3. The van der Waals surface area contributed by atoms with Gasteiger partial charge in [0.25, 0.3) is 10.0 Å². The first kappa shape index (κ1) is 17.8. The van der Waals surface area contributed by atoms with Gasteiger partial charge in [0, 0.05) is 12.6 Å². The number of ether oxygens (including phenoxy) is 1. The second kappa shape index (κ2) is 7.45. The van der Waals surface area contributed by atoms with Crippen molar-refractivity contribution >= 4 is 15.7 Å². The van der Waals surface area contributed by atoms with E-state index in [1.165, 1.54) is 19.2 Å². The molecule has 0 spiro atoms. The molecule has 0 atom stereocenters. The highest BCUT2D eigenvalue weighted by atomic mass is 32.2. The molecule has 0 aliphatic carbocycles. The molecule has 3 rings (SSSR count). The van der Waals surface area contributed by atoms with E-state index in [9.17, 15) is 13.5 Å². The molecule has 2 aromatic carbocycles. The first-order valence-corrected chi connectivity index (χ1v) is 9.35. The summed E-state index contributed by atoms with van der Waals surface area (Å²) in [5.41, 5.74) is 1.91. The van der Waals surface area contributed by atoms with Crippen LogP contribution in [0.3, 0.4) is 0 Å². The van der Waals surface area contributed by atoms with E-state index in [4.69, 9.17) is 4.74 Å². The fourth-order valence-electron chi connectivity index (χ4n) is 2.44. The van der Waals surface area contributed by atoms with Crippen LogP contribution in [0, 0.1) is 0 Å². The Morgan fingerprint density at radius 1 is 1.04 bits per heavy atom. The van der Waals surface area contributed by atoms with Crippen LogP contribution in [-0.2, 0) is 16.4 Å². The van der Waals surface area contributed by atoms with Gasteiger partial charge in [0.2, 0.25) is 0 Å². The van der Waals surface area contributed by atoms with Crippen molar-refractivity contribution in [2.75, 3.05) is 11.8 Å². The van der Waals surface area contributed by atoms with Gasteiger partial charge in [0.05, 0.1) is 23.4 Å². The number of methoxy groups -OCH3 is 1. The van der Waals surface area contributed by atoms with E-state index >= 15 is 0 Å². The van der Waals surface area contributed by atoms with Crippen LogP contribution >= 0.6 is 0 Å². The topological polar surface area (TPSA) is 88.5 Å². The zero-order valence-electron chi connectivity index (χ0n) is 14.1. The van der Waals surface area contributed by atoms with Gasteiger partial charge in [-0.2, -0.15) is 0 Å². The van der Waals surface area contributed by atoms with E-state index in [1.807, 2.05) is 0 Å². The van der Waals surface area contributed by atoms with Crippen molar-refractivity contribution in [1.82, 2.24) is 4.98 Å². The SMILES string of the molecule is COc1ccc(S(=O)(=O)Nc2cccnc2Cc2ccc(O)cc2)cc1. The van der Waals surface area contributed by atoms with Gasteiger partial charge < -0.3 is 9.84 Å². The van der Waals surface area contributed by atoms with Crippen LogP contribution in [0.15, 0.2) is 71.8 Å². The fourth-order valence-corrected chi connectivity index (χ4v) is 3.53. The van der Waals surface area contributed by atoms with Gasteiger partial charge in [-0.25, -0.2) is 8.42 Å². The summed E-state index contributed by atoms with van der Waals surface area (Å²) in [7, 11) is -2.22. The first-order chi connectivity index (χ1) is 12.5. The van der Waals surface area contributed by atoms with Gasteiger partial charge >= 0.3 is 0 Å². The van der Waals surface area contributed by atoms with Crippen molar-refractivity contribution in [3.63, 3.8) is 0 Å². The van der Waals surface area contributed by atoms with Gasteiger partial charge in [0.1, 0.15) is 11.5 Å². The maximum absolute atomic E-state index is 12.6. The maximum atomic E-state index is 12.6. The Hall–Kier alpha value is -3.06. The molecule has 0 saturated heterocycles. The van der Waals surface area contributed by atoms with E-state index in [1.54, 1.807) is 54.7 Å². The normalized spacial score (nSPS) is 11.1. The average Bonchev–Trinajstić information content (AvgIpc) is 2.65. The van der Waals surface area contributed by atoms with E-state index in [-0.39, 0.29) is 10.6 Å². The quantitative estimate of drug-likeness (QED) is 0.696. The Morgan fingerprint density at radius 3 is 2.38 bits per heavy atom. The molecule has 2 N–H and O–H groups in total. The number of rotatable bonds is 6. The summed E-state index contributed by atoms with van der Waals surface area (Å²) in [5.74, 6) is 0.758. The summed E-state index contributed by atoms with van der Waals surface area (Å²) in [6.45, 7) is 0. The molecule has 1 heterocycles. The number of aromatic hydroxyl groups is 1. The van der Waals surface area contributed by atoms with Crippen LogP contribution in [0.2, 0.25) is 0 Å². The molecule has 0 saturated carbocycles. The number of phenolic OH excluding ortho intramolecular Hbond substituents is 1. The number of hydrogen-bond donors (Lipinski definition) is 2. The number of sulfonamides is 1. The number of hydrogen-bond acceptors (Lipinski definition) is 5. The number of phenols is 1. The molecule has 26 heavy (non-hydrogen) atoms.